The minimum Gasteiger partial charge on any atom is -0.249 e. The molecule has 1 aromatic heterocycles. The van der Waals surface area contributed by atoms with Crippen molar-refractivity contribution >= 4 is 48.2 Å². The van der Waals surface area contributed by atoms with Crippen molar-refractivity contribution in [1.29, 1.82) is 0 Å². The molecule has 2 heteroatoms. The minimum absolute atomic E-state index is 0.841. The van der Waals surface area contributed by atoms with Gasteiger partial charge in [-0.1, -0.05) is 115 Å². The Morgan fingerprint density at radius 2 is 0.892 bits per heavy atom. The predicted molar refractivity (Wildman–Crippen MR) is 161 cm³/mol. The van der Waals surface area contributed by atoms with Crippen LogP contribution in [0.4, 0.5) is 0 Å². The van der Waals surface area contributed by atoms with Gasteiger partial charge in [0.15, 0.2) is 0 Å². The third-order valence-electron chi connectivity index (χ3n) is 7.20. The first-order chi connectivity index (χ1) is 18.3. The van der Waals surface area contributed by atoms with Crippen molar-refractivity contribution in [2.45, 2.75) is 0 Å². The van der Waals surface area contributed by atoms with E-state index in [0.29, 0.717) is 0 Å². The lowest BCUT2D eigenvalue weighted by Crippen LogP contribution is -1.91. The molecule has 0 aliphatic rings. The zero-order chi connectivity index (χ0) is 24.8. The van der Waals surface area contributed by atoms with Gasteiger partial charge >= 0.3 is 0 Å². The SMILES string of the molecule is Brc1ccc(-c2c3ccccc3c(-c3ccc(-c4ccc5ccccc5c4)cc3)c3ccccc23)cn1. The molecule has 1 nitrogen and oxygen atoms in total. The van der Waals surface area contributed by atoms with Gasteiger partial charge in [0.25, 0.3) is 0 Å². The number of fused-ring (bicyclic) bond motifs is 3. The molecule has 0 aliphatic carbocycles. The highest BCUT2D eigenvalue weighted by Gasteiger charge is 2.16. The summed E-state index contributed by atoms with van der Waals surface area (Å²) >= 11 is 3.48. The Balaban J connectivity index is 1.43. The Hall–Kier alpha value is -4.27. The summed E-state index contributed by atoms with van der Waals surface area (Å²) in [6.07, 6.45) is 1.95. The van der Waals surface area contributed by atoms with E-state index >= 15 is 0 Å². The summed E-state index contributed by atoms with van der Waals surface area (Å²) in [7, 11) is 0. The number of benzene rings is 6. The first kappa shape index (κ1) is 22.0. The summed E-state index contributed by atoms with van der Waals surface area (Å²) in [5.41, 5.74) is 7.29. The van der Waals surface area contributed by atoms with Crippen LogP contribution in [0.15, 0.2) is 138 Å². The molecule has 174 valence electrons. The van der Waals surface area contributed by atoms with Crippen LogP contribution in [0.3, 0.4) is 0 Å². The van der Waals surface area contributed by atoms with Crippen molar-refractivity contribution in [3.63, 3.8) is 0 Å². The Labute approximate surface area is 224 Å². The van der Waals surface area contributed by atoms with Crippen LogP contribution in [0, 0.1) is 0 Å². The number of hydrogen-bond donors (Lipinski definition) is 0. The van der Waals surface area contributed by atoms with E-state index in [1.807, 2.05) is 12.3 Å². The van der Waals surface area contributed by atoms with Crippen molar-refractivity contribution in [2.24, 2.45) is 0 Å². The molecule has 0 fully saturated rings. The molecule has 0 aliphatic heterocycles. The molecule has 6 aromatic carbocycles. The quantitative estimate of drug-likeness (QED) is 0.162. The number of pyridine rings is 1. The molecule has 1 heterocycles. The highest BCUT2D eigenvalue weighted by molar-refractivity contribution is 9.10. The van der Waals surface area contributed by atoms with Gasteiger partial charge in [0.05, 0.1) is 0 Å². The molecule has 0 radical (unpaired) electrons. The van der Waals surface area contributed by atoms with Crippen LogP contribution < -0.4 is 0 Å². The van der Waals surface area contributed by atoms with Gasteiger partial charge in [0, 0.05) is 11.8 Å². The molecule has 0 unspecified atom stereocenters. The molecule has 0 N–H and O–H groups in total. The third-order valence-corrected chi connectivity index (χ3v) is 7.67. The lowest BCUT2D eigenvalue weighted by molar-refractivity contribution is 1.28. The maximum absolute atomic E-state index is 4.52. The van der Waals surface area contributed by atoms with E-state index in [1.165, 1.54) is 60.1 Å². The van der Waals surface area contributed by atoms with E-state index in [-0.39, 0.29) is 0 Å². The molecule has 0 spiro atoms. The second-order valence-electron chi connectivity index (χ2n) is 9.35. The summed E-state index contributed by atoms with van der Waals surface area (Å²) in [5, 5.41) is 7.49. The Kier molecular flexibility index (Phi) is 5.34. The zero-order valence-electron chi connectivity index (χ0n) is 20.0. The van der Waals surface area contributed by atoms with Crippen LogP contribution in [-0.4, -0.2) is 4.98 Å². The average Bonchev–Trinajstić information content (AvgIpc) is 2.96. The highest BCUT2D eigenvalue weighted by atomic mass is 79.9. The Bertz CT molecular complexity index is 1860. The summed E-state index contributed by atoms with van der Waals surface area (Å²) in [6, 6.07) is 45.8. The molecular weight excluding hydrogens is 514 g/mol. The molecule has 37 heavy (non-hydrogen) atoms. The van der Waals surface area contributed by atoms with Crippen LogP contribution in [0.25, 0.3) is 65.7 Å². The molecule has 0 saturated heterocycles. The van der Waals surface area contributed by atoms with E-state index in [9.17, 15) is 0 Å². The van der Waals surface area contributed by atoms with E-state index in [2.05, 4.69) is 142 Å². The van der Waals surface area contributed by atoms with Crippen molar-refractivity contribution in [3.05, 3.63) is 138 Å². The number of nitrogens with zero attached hydrogens (tertiary/aromatic N) is 1. The maximum Gasteiger partial charge on any atom is 0.106 e. The van der Waals surface area contributed by atoms with Crippen molar-refractivity contribution in [2.75, 3.05) is 0 Å². The van der Waals surface area contributed by atoms with Crippen LogP contribution in [0.1, 0.15) is 0 Å². The zero-order valence-corrected chi connectivity index (χ0v) is 21.6. The summed E-state index contributed by atoms with van der Waals surface area (Å²) < 4.78 is 0.841. The van der Waals surface area contributed by atoms with E-state index in [0.717, 1.165) is 10.2 Å². The molecule has 0 bridgehead atoms. The minimum atomic E-state index is 0.841. The average molecular weight is 536 g/mol. The van der Waals surface area contributed by atoms with Gasteiger partial charge in [0.1, 0.15) is 4.60 Å². The number of hydrogen-bond acceptors (Lipinski definition) is 1. The fourth-order valence-electron chi connectivity index (χ4n) is 5.47. The first-order valence-electron chi connectivity index (χ1n) is 12.4. The van der Waals surface area contributed by atoms with Crippen molar-refractivity contribution in [1.82, 2.24) is 4.98 Å². The van der Waals surface area contributed by atoms with Crippen LogP contribution in [0.5, 0.6) is 0 Å². The highest BCUT2D eigenvalue weighted by Crippen LogP contribution is 2.43. The van der Waals surface area contributed by atoms with Gasteiger partial charge in [-0.25, -0.2) is 4.98 Å². The second kappa shape index (κ2) is 8.99. The van der Waals surface area contributed by atoms with Crippen molar-refractivity contribution in [3.8, 4) is 33.4 Å². The molecule has 0 saturated carbocycles. The van der Waals surface area contributed by atoms with Gasteiger partial charge < -0.3 is 0 Å². The maximum atomic E-state index is 4.52. The predicted octanol–water partition coefficient (Wildman–Crippen LogP) is 10.3. The largest absolute Gasteiger partial charge is 0.249 e. The lowest BCUT2D eigenvalue weighted by Gasteiger charge is -2.17. The third kappa shape index (κ3) is 3.82. The number of rotatable bonds is 3. The van der Waals surface area contributed by atoms with Crippen LogP contribution >= 0.6 is 15.9 Å². The number of aromatic nitrogens is 1. The summed E-state index contributed by atoms with van der Waals surface area (Å²) in [6.45, 7) is 0. The van der Waals surface area contributed by atoms with Gasteiger partial charge in [-0.2, -0.15) is 0 Å². The van der Waals surface area contributed by atoms with Crippen LogP contribution in [-0.2, 0) is 0 Å². The van der Waals surface area contributed by atoms with Gasteiger partial charge in [0.2, 0.25) is 0 Å². The van der Waals surface area contributed by atoms with Crippen LogP contribution in [0.2, 0.25) is 0 Å². The van der Waals surface area contributed by atoms with Crippen molar-refractivity contribution < 1.29 is 0 Å². The standard InChI is InChI=1S/C35H22BrN/c36-33-20-19-28(22-37-33)35-31-11-5-3-9-29(31)34(30-10-4-6-12-32(30)35)25-16-13-24(14-17-25)27-18-15-23-7-1-2-8-26(23)21-27/h1-22H. The fraction of sp³-hybridized carbons (Fsp3) is 0. The van der Waals surface area contributed by atoms with Gasteiger partial charge in [-0.05, 0) is 88.2 Å². The normalized spacial score (nSPS) is 11.4. The number of halogens is 1. The topological polar surface area (TPSA) is 12.9 Å². The summed E-state index contributed by atoms with van der Waals surface area (Å²) in [5.74, 6) is 0. The van der Waals surface area contributed by atoms with E-state index in [4.69, 9.17) is 0 Å². The Morgan fingerprint density at radius 3 is 1.49 bits per heavy atom. The first-order valence-corrected chi connectivity index (χ1v) is 13.2. The molecule has 7 aromatic rings. The lowest BCUT2D eigenvalue weighted by atomic mass is 9.86. The Morgan fingerprint density at radius 1 is 0.405 bits per heavy atom. The smallest absolute Gasteiger partial charge is 0.106 e. The summed E-state index contributed by atoms with van der Waals surface area (Å²) in [4.78, 5) is 4.52. The molecule has 7 rings (SSSR count). The van der Waals surface area contributed by atoms with E-state index < -0.39 is 0 Å². The molecule has 0 atom stereocenters. The fourth-order valence-corrected chi connectivity index (χ4v) is 5.71. The second-order valence-corrected chi connectivity index (χ2v) is 10.2. The van der Waals surface area contributed by atoms with Gasteiger partial charge in [-0.3, -0.25) is 0 Å². The molecule has 0 amide bonds. The van der Waals surface area contributed by atoms with Gasteiger partial charge in [-0.15, -0.1) is 0 Å². The molecular formula is C35H22BrN. The van der Waals surface area contributed by atoms with E-state index in [1.54, 1.807) is 0 Å². The monoisotopic (exact) mass is 535 g/mol.